The van der Waals surface area contributed by atoms with Gasteiger partial charge in [-0.1, -0.05) is 6.07 Å². The molecular weight excluding hydrogens is 333 g/mol. The van der Waals surface area contributed by atoms with Crippen LogP contribution in [0.1, 0.15) is 28.8 Å². The zero-order valence-electron chi connectivity index (χ0n) is 14.7. The third-order valence-corrected chi connectivity index (χ3v) is 4.70. The van der Waals surface area contributed by atoms with Crippen LogP contribution < -0.4 is 10.5 Å². The molecule has 6 heteroatoms. The molecule has 0 bridgehead atoms. The number of benzene rings is 1. The minimum Gasteiger partial charge on any atom is -0.491 e. The van der Waals surface area contributed by atoms with E-state index in [1.807, 2.05) is 12.3 Å². The number of nitrogens with zero attached hydrogens (tertiary/aromatic N) is 2. The molecule has 1 amide bonds. The Morgan fingerprint density at radius 3 is 2.81 bits per heavy atom. The minimum absolute atomic E-state index is 0.184. The molecule has 1 fully saturated rings. The number of likely N-dealkylation sites (tertiary alicyclic amines) is 1. The number of amides is 1. The second-order valence-corrected chi connectivity index (χ2v) is 6.58. The summed E-state index contributed by atoms with van der Waals surface area (Å²) in [5.41, 5.74) is 6.94. The second-order valence-electron chi connectivity index (χ2n) is 6.58. The number of hydrogen-bond acceptors (Lipinski definition) is 4. The molecule has 2 N–H and O–H groups in total. The van der Waals surface area contributed by atoms with Gasteiger partial charge in [0.1, 0.15) is 18.2 Å². The number of nitrogens with two attached hydrogens (primary N) is 1. The van der Waals surface area contributed by atoms with Gasteiger partial charge in [-0.25, -0.2) is 4.39 Å². The maximum absolute atomic E-state index is 13.6. The summed E-state index contributed by atoms with van der Waals surface area (Å²) in [6.45, 7) is 1.96. The SMILES string of the molecule is NCCOc1ccc(F)cc1C(=O)N1CCC(Cc2cccnc2)CC1. The van der Waals surface area contributed by atoms with Crippen LogP contribution in [0.4, 0.5) is 4.39 Å². The van der Waals surface area contributed by atoms with E-state index in [0.717, 1.165) is 19.3 Å². The molecule has 1 aromatic heterocycles. The molecule has 138 valence electrons. The van der Waals surface area contributed by atoms with Gasteiger partial charge in [0, 0.05) is 32.0 Å². The van der Waals surface area contributed by atoms with Crippen molar-refractivity contribution in [2.24, 2.45) is 11.7 Å². The van der Waals surface area contributed by atoms with Crippen molar-refractivity contribution in [3.8, 4) is 5.75 Å². The van der Waals surface area contributed by atoms with Crippen molar-refractivity contribution in [3.05, 3.63) is 59.7 Å². The van der Waals surface area contributed by atoms with Crippen LogP contribution in [0.15, 0.2) is 42.7 Å². The van der Waals surface area contributed by atoms with Gasteiger partial charge in [0.05, 0.1) is 5.56 Å². The molecule has 1 aromatic carbocycles. The van der Waals surface area contributed by atoms with Crippen LogP contribution in [-0.2, 0) is 6.42 Å². The topological polar surface area (TPSA) is 68.5 Å². The Hall–Kier alpha value is -2.47. The summed E-state index contributed by atoms with van der Waals surface area (Å²) < 4.78 is 19.2. The van der Waals surface area contributed by atoms with Gasteiger partial charge in [-0.3, -0.25) is 9.78 Å². The normalized spacial score (nSPS) is 15.1. The standard InChI is InChI=1S/C20H24FN3O2/c21-17-3-4-19(26-11-7-22)18(13-17)20(25)24-9-5-15(6-10-24)12-16-2-1-8-23-14-16/h1-4,8,13-15H,5-7,9-12,22H2. The number of aromatic nitrogens is 1. The monoisotopic (exact) mass is 357 g/mol. The summed E-state index contributed by atoms with van der Waals surface area (Å²) in [6.07, 6.45) is 6.49. The van der Waals surface area contributed by atoms with E-state index in [2.05, 4.69) is 11.1 Å². The molecule has 5 nitrogen and oxygen atoms in total. The fourth-order valence-corrected chi connectivity index (χ4v) is 3.33. The Kier molecular flexibility index (Phi) is 6.17. The van der Waals surface area contributed by atoms with E-state index in [-0.39, 0.29) is 11.5 Å². The first-order valence-corrected chi connectivity index (χ1v) is 8.98. The van der Waals surface area contributed by atoms with Crippen LogP contribution in [-0.4, -0.2) is 42.0 Å². The summed E-state index contributed by atoms with van der Waals surface area (Å²) in [5.74, 6) is 0.291. The van der Waals surface area contributed by atoms with Crippen molar-refractivity contribution < 1.29 is 13.9 Å². The van der Waals surface area contributed by atoms with E-state index in [1.54, 1.807) is 11.1 Å². The van der Waals surface area contributed by atoms with E-state index < -0.39 is 5.82 Å². The lowest BCUT2D eigenvalue weighted by Crippen LogP contribution is -2.39. The molecule has 2 aromatic rings. The summed E-state index contributed by atoms with van der Waals surface area (Å²) in [7, 11) is 0. The maximum Gasteiger partial charge on any atom is 0.257 e. The maximum atomic E-state index is 13.6. The number of hydrogen-bond donors (Lipinski definition) is 1. The van der Waals surface area contributed by atoms with E-state index >= 15 is 0 Å². The van der Waals surface area contributed by atoms with E-state index in [4.69, 9.17) is 10.5 Å². The van der Waals surface area contributed by atoms with Crippen molar-refractivity contribution >= 4 is 5.91 Å². The molecule has 0 aliphatic carbocycles. The molecule has 0 radical (unpaired) electrons. The fourth-order valence-electron chi connectivity index (χ4n) is 3.33. The Bertz CT molecular complexity index is 731. The Labute approximate surface area is 153 Å². The van der Waals surface area contributed by atoms with Crippen LogP contribution in [0.5, 0.6) is 5.75 Å². The average Bonchev–Trinajstić information content (AvgIpc) is 2.68. The molecule has 2 heterocycles. The Morgan fingerprint density at radius 2 is 2.12 bits per heavy atom. The lowest BCUT2D eigenvalue weighted by atomic mass is 9.90. The van der Waals surface area contributed by atoms with Crippen LogP contribution in [0.2, 0.25) is 0 Å². The average molecular weight is 357 g/mol. The number of ether oxygens (including phenoxy) is 1. The van der Waals surface area contributed by atoms with Gasteiger partial charge in [0.2, 0.25) is 0 Å². The smallest absolute Gasteiger partial charge is 0.257 e. The summed E-state index contributed by atoms with van der Waals surface area (Å²) in [4.78, 5) is 18.8. The molecule has 26 heavy (non-hydrogen) atoms. The summed E-state index contributed by atoms with van der Waals surface area (Å²) in [5, 5.41) is 0. The van der Waals surface area contributed by atoms with Crippen LogP contribution in [0.3, 0.4) is 0 Å². The second kappa shape index (κ2) is 8.76. The Morgan fingerprint density at radius 1 is 1.31 bits per heavy atom. The first kappa shape index (κ1) is 18.3. The molecule has 0 saturated carbocycles. The van der Waals surface area contributed by atoms with Gasteiger partial charge >= 0.3 is 0 Å². The molecule has 3 rings (SSSR count). The molecule has 0 spiro atoms. The van der Waals surface area contributed by atoms with Crippen molar-refractivity contribution in [1.82, 2.24) is 9.88 Å². The lowest BCUT2D eigenvalue weighted by molar-refractivity contribution is 0.0685. The Balaban J connectivity index is 1.62. The highest BCUT2D eigenvalue weighted by Crippen LogP contribution is 2.26. The van der Waals surface area contributed by atoms with Gasteiger partial charge in [0.15, 0.2) is 0 Å². The summed E-state index contributed by atoms with van der Waals surface area (Å²) >= 11 is 0. The van der Waals surface area contributed by atoms with Crippen molar-refractivity contribution in [2.45, 2.75) is 19.3 Å². The number of piperidine rings is 1. The lowest BCUT2D eigenvalue weighted by Gasteiger charge is -2.32. The molecular formula is C20H24FN3O2. The third-order valence-electron chi connectivity index (χ3n) is 4.70. The first-order chi connectivity index (χ1) is 12.7. The minimum atomic E-state index is -0.445. The first-order valence-electron chi connectivity index (χ1n) is 8.98. The highest BCUT2D eigenvalue weighted by molar-refractivity contribution is 5.97. The number of rotatable bonds is 6. The largest absolute Gasteiger partial charge is 0.491 e. The quantitative estimate of drug-likeness (QED) is 0.863. The van der Waals surface area contributed by atoms with Gasteiger partial charge in [-0.15, -0.1) is 0 Å². The summed E-state index contributed by atoms with van der Waals surface area (Å²) in [6, 6.07) is 8.06. The van der Waals surface area contributed by atoms with Crippen molar-refractivity contribution in [2.75, 3.05) is 26.2 Å². The highest BCUT2D eigenvalue weighted by atomic mass is 19.1. The van der Waals surface area contributed by atoms with Gasteiger partial charge in [-0.05, 0) is 55.0 Å². The predicted octanol–water partition coefficient (Wildman–Crippen LogP) is 2.65. The van der Waals surface area contributed by atoms with E-state index in [1.165, 1.54) is 23.8 Å². The van der Waals surface area contributed by atoms with Gasteiger partial charge in [-0.2, -0.15) is 0 Å². The van der Waals surface area contributed by atoms with Crippen LogP contribution >= 0.6 is 0 Å². The zero-order valence-corrected chi connectivity index (χ0v) is 14.7. The molecule has 1 saturated heterocycles. The number of halogens is 1. The molecule has 0 unspecified atom stereocenters. The number of carbonyl (C=O) groups is 1. The van der Waals surface area contributed by atoms with E-state index in [0.29, 0.717) is 37.9 Å². The third kappa shape index (κ3) is 4.58. The predicted molar refractivity (Wildman–Crippen MR) is 97.5 cm³/mol. The molecule has 1 aliphatic heterocycles. The van der Waals surface area contributed by atoms with Gasteiger partial charge < -0.3 is 15.4 Å². The van der Waals surface area contributed by atoms with Crippen LogP contribution in [0.25, 0.3) is 0 Å². The van der Waals surface area contributed by atoms with Crippen molar-refractivity contribution in [3.63, 3.8) is 0 Å². The van der Waals surface area contributed by atoms with Gasteiger partial charge in [0.25, 0.3) is 5.91 Å². The van der Waals surface area contributed by atoms with Crippen molar-refractivity contribution in [1.29, 1.82) is 0 Å². The zero-order chi connectivity index (χ0) is 18.4. The molecule has 0 atom stereocenters. The molecule has 1 aliphatic rings. The number of pyridine rings is 1. The van der Waals surface area contributed by atoms with Crippen LogP contribution in [0, 0.1) is 11.7 Å². The fraction of sp³-hybridized carbons (Fsp3) is 0.400. The van der Waals surface area contributed by atoms with E-state index in [9.17, 15) is 9.18 Å². The number of carbonyl (C=O) groups excluding carboxylic acids is 1. The highest BCUT2D eigenvalue weighted by Gasteiger charge is 2.26.